The number of nitrogens with one attached hydrogen (secondary N) is 2. The van der Waals surface area contributed by atoms with Crippen LogP contribution in [0.1, 0.15) is 39.9 Å². The molecule has 1 aliphatic rings. The van der Waals surface area contributed by atoms with Crippen LogP contribution in [0.25, 0.3) is 0 Å². The van der Waals surface area contributed by atoms with E-state index >= 15 is 0 Å². The highest BCUT2D eigenvalue weighted by molar-refractivity contribution is 5.85. The quantitative estimate of drug-likeness (QED) is 0.838. The molecular formula is C13H22N4. The predicted molar refractivity (Wildman–Crippen MR) is 70.3 cm³/mol. The fourth-order valence-electron chi connectivity index (χ4n) is 2.32. The van der Waals surface area contributed by atoms with Crippen LogP contribution in [0.3, 0.4) is 0 Å². The largest absolute Gasteiger partial charge is 0.369 e. The average Bonchev–Trinajstić information content (AvgIpc) is 2.85. The Hall–Kier alpha value is -1.32. The van der Waals surface area contributed by atoms with Crippen molar-refractivity contribution in [1.82, 2.24) is 15.3 Å². The van der Waals surface area contributed by atoms with Gasteiger partial charge < -0.3 is 10.3 Å². The summed E-state index contributed by atoms with van der Waals surface area (Å²) in [4.78, 5) is 12.1. The van der Waals surface area contributed by atoms with E-state index in [2.05, 4.69) is 48.0 Å². The van der Waals surface area contributed by atoms with Crippen LogP contribution in [0.2, 0.25) is 0 Å². The zero-order valence-corrected chi connectivity index (χ0v) is 11.1. The summed E-state index contributed by atoms with van der Waals surface area (Å²) in [5, 5.41) is 3.52. The number of rotatable bonds is 4. The highest BCUT2D eigenvalue weighted by Gasteiger charge is 2.30. The number of H-pyrrole nitrogens is 1. The number of hydrogen-bond acceptors (Lipinski definition) is 3. The molecule has 0 saturated carbocycles. The second kappa shape index (κ2) is 4.51. The lowest BCUT2D eigenvalue weighted by atomic mass is 9.85. The van der Waals surface area contributed by atoms with Gasteiger partial charge in [0.25, 0.3) is 0 Å². The third-order valence-electron chi connectivity index (χ3n) is 3.28. The maximum atomic E-state index is 4.56. The highest BCUT2D eigenvalue weighted by Crippen LogP contribution is 2.26. The summed E-state index contributed by atoms with van der Waals surface area (Å²) in [5.41, 5.74) is 0.0586. The first kappa shape index (κ1) is 12.1. The first-order chi connectivity index (χ1) is 7.99. The smallest absolute Gasteiger partial charge is 0.111 e. The monoisotopic (exact) mass is 234 g/mol. The molecule has 0 bridgehead atoms. The van der Waals surface area contributed by atoms with E-state index in [4.69, 9.17) is 0 Å². The molecule has 1 unspecified atom stereocenters. The minimum absolute atomic E-state index is 0.0586. The topological polar surface area (TPSA) is 53.1 Å². The van der Waals surface area contributed by atoms with Crippen LogP contribution >= 0.6 is 0 Å². The van der Waals surface area contributed by atoms with Crippen LogP contribution in [0.4, 0.5) is 0 Å². The third kappa shape index (κ3) is 2.68. The standard InChI is InChI=1S/C13H22N4/c1-9(2)11-16-8-10(17-11)7-13(3,4)12-14-5-6-15-12/h5-6,9-10H,7-8H2,1-4H3,(H,14,15)(H,16,17). The summed E-state index contributed by atoms with van der Waals surface area (Å²) >= 11 is 0. The molecule has 2 heterocycles. The molecule has 0 spiro atoms. The Morgan fingerprint density at radius 3 is 2.76 bits per heavy atom. The molecule has 0 amide bonds. The van der Waals surface area contributed by atoms with Crippen molar-refractivity contribution in [3.05, 3.63) is 18.2 Å². The Morgan fingerprint density at radius 1 is 1.47 bits per heavy atom. The van der Waals surface area contributed by atoms with Crippen molar-refractivity contribution in [3.8, 4) is 0 Å². The van der Waals surface area contributed by atoms with Gasteiger partial charge in [-0.25, -0.2) is 4.98 Å². The van der Waals surface area contributed by atoms with Crippen molar-refractivity contribution in [2.75, 3.05) is 6.54 Å². The summed E-state index contributed by atoms with van der Waals surface area (Å²) in [6.07, 6.45) is 4.74. The van der Waals surface area contributed by atoms with Crippen LogP contribution in [-0.4, -0.2) is 28.4 Å². The van der Waals surface area contributed by atoms with E-state index in [9.17, 15) is 0 Å². The van der Waals surface area contributed by atoms with E-state index in [-0.39, 0.29) is 5.41 Å². The van der Waals surface area contributed by atoms with Gasteiger partial charge >= 0.3 is 0 Å². The number of amidine groups is 1. The Balaban J connectivity index is 1.95. The Kier molecular flexibility index (Phi) is 3.22. The van der Waals surface area contributed by atoms with Gasteiger partial charge in [-0.05, 0) is 6.42 Å². The molecule has 1 atom stereocenters. The fraction of sp³-hybridized carbons (Fsp3) is 0.692. The number of nitrogens with zero attached hydrogens (tertiary/aromatic N) is 2. The third-order valence-corrected chi connectivity index (χ3v) is 3.28. The lowest BCUT2D eigenvalue weighted by Gasteiger charge is -2.26. The molecule has 1 aliphatic heterocycles. The molecule has 0 saturated heterocycles. The number of aromatic nitrogens is 2. The van der Waals surface area contributed by atoms with Gasteiger partial charge in [0.2, 0.25) is 0 Å². The minimum atomic E-state index is 0.0586. The lowest BCUT2D eigenvalue weighted by Crippen LogP contribution is -2.37. The van der Waals surface area contributed by atoms with Crippen molar-refractivity contribution in [2.24, 2.45) is 10.9 Å². The first-order valence-corrected chi connectivity index (χ1v) is 6.30. The van der Waals surface area contributed by atoms with Crippen molar-refractivity contribution < 1.29 is 0 Å². The number of aromatic amines is 1. The van der Waals surface area contributed by atoms with Crippen LogP contribution in [0.15, 0.2) is 17.4 Å². The second-order valence-corrected chi connectivity index (χ2v) is 5.75. The van der Waals surface area contributed by atoms with Gasteiger partial charge in [0.1, 0.15) is 5.82 Å². The van der Waals surface area contributed by atoms with Crippen molar-refractivity contribution in [3.63, 3.8) is 0 Å². The summed E-state index contributed by atoms with van der Waals surface area (Å²) in [7, 11) is 0. The van der Waals surface area contributed by atoms with E-state index in [1.54, 1.807) is 0 Å². The molecule has 17 heavy (non-hydrogen) atoms. The molecule has 0 radical (unpaired) electrons. The first-order valence-electron chi connectivity index (χ1n) is 6.30. The predicted octanol–water partition coefficient (Wildman–Crippen LogP) is 2.10. The second-order valence-electron chi connectivity index (χ2n) is 5.75. The SMILES string of the molecule is CC(C)C1=NCC(CC(C)(C)c2ncc[nH]2)N1. The van der Waals surface area contributed by atoms with Crippen LogP contribution in [0.5, 0.6) is 0 Å². The lowest BCUT2D eigenvalue weighted by molar-refractivity contribution is 0.399. The summed E-state index contributed by atoms with van der Waals surface area (Å²) in [6.45, 7) is 9.68. The summed E-state index contributed by atoms with van der Waals surface area (Å²) in [6, 6.07) is 0.437. The molecular weight excluding hydrogens is 212 g/mol. The zero-order valence-electron chi connectivity index (χ0n) is 11.1. The van der Waals surface area contributed by atoms with Crippen LogP contribution in [0, 0.1) is 5.92 Å². The molecule has 94 valence electrons. The molecule has 4 nitrogen and oxygen atoms in total. The number of hydrogen-bond donors (Lipinski definition) is 2. The van der Waals surface area contributed by atoms with Gasteiger partial charge in [-0.1, -0.05) is 27.7 Å². The Labute approximate surface area is 103 Å². The highest BCUT2D eigenvalue weighted by atomic mass is 15.1. The average molecular weight is 234 g/mol. The van der Waals surface area contributed by atoms with E-state index in [0.717, 1.165) is 24.6 Å². The van der Waals surface area contributed by atoms with Gasteiger partial charge in [-0.15, -0.1) is 0 Å². The van der Waals surface area contributed by atoms with Crippen molar-refractivity contribution in [1.29, 1.82) is 0 Å². The Bertz CT molecular complexity index is 390. The molecule has 0 fully saturated rings. The summed E-state index contributed by atoms with van der Waals surface area (Å²) < 4.78 is 0. The van der Waals surface area contributed by atoms with E-state index in [0.29, 0.717) is 12.0 Å². The number of aliphatic imine (C=N–C) groups is 1. The zero-order chi connectivity index (χ0) is 12.5. The Morgan fingerprint density at radius 2 is 2.24 bits per heavy atom. The molecule has 1 aromatic heterocycles. The van der Waals surface area contributed by atoms with Crippen LogP contribution < -0.4 is 5.32 Å². The van der Waals surface area contributed by atoms with Crippen LogP contribution in [-0.2, 0) is 5.41 Å². The van der Waals surface area contributed by atoms with Gasteiger partial charge in [0.15, 0.2) is 0 Å². The fourth-order valence-corrected chi connectivity index (χ4v) is 2.32. The maximum Gasteiger partial charge on any atom is 0.111 e. The van der Waals surface area contributed by atoms with Crippen molar-refractivity contribution >= 4 is 5.84 Å². The van der Waals surface area contributed by atoms with E-state index < -0.39 is 0 Å². The van der Waals surface area contributed by atoms with Gasteiger partial charge in [0, 0.05) is 29.8 Å². The molecule has 4 heteroatoms. The minimum Gasteiger partial charge on any atom is -0.369 e. The molecule has 2 rings (SSSR count). The van der Waals surface area contributed by atoms with Gasteiger partial charge in [-0.2, -0.15) is 0 Å². The van der Waals surface area contributed by atoms with E-state index in [1.165, 1.54) is 0 Å². The molecule has 2 N–H and O–H groups in total. The number of imidazole rings is 1. The molecule has 1 aromatic rings. The summed E-state index contributed by atoms with van der Waals surface area (Å²) in [5.74, 6) is 2.69. The van der Waals surface area contributed by atoms with Crippen molar-refractivity contribution in [2.45, 2.75) is 45.6 Å². The van der Waals surface area contributed by atoms with E-state index in [1.807, 2.05) is 12.4 Å². The molecule has 0 aliphatic carbocycles. The van der Waals surface area contributed by atoms with Gasteiger partial charge in [0.05, 0.1) is 12.4 Å². The molecule has 0 aromatic carbocycles. The maximum absolute atomic E-state index is 4.56. The van der Waals surface area contributed by atoms with Gasteiger partial charge in [-0.3, -0.25) is 4.99 Å². The normalized spacial score (nSPS) is 20.5.